The number of aryl methyl sites for hydroxylation is 1. The molecule has 2 aromatic carbocycles. The van der Waals surface area contributed by atoms with Crippen LogP contribution >= 0.6 is 11.6 Å². The third-order valence-corrected chi connectivity index (χ3v) is 3.71. The Labute approximate surface area is 156 Å². The lowest BCUT2D eigenvalue weighted by Crippen LogP contribution is -2.30. The topological polar surface area (TPSA) is 79.2 Å². The van der Waals surface area contributed by atoms with Crippen LogP contribution in [0.5, 0.6) is 0 Å². The number of anilines is 1. The first kappa shape index (κ1) is 19.2. The number of esters is 1. The molecule has 1 amide bonds. The zero-order valence-corrected chi connectivity index (χ0v) is 15.1. The Morgan fingerprint density at radius 2 is 1.92 bits per heavy atom. The Balaban J connectivity index is 2.03. The number of nitrogens with one attached hydrogen (secondary N) is 1. The maximum Gasteiger partial charge on any atom is 0.349 e. The number of nitrogens with zero attached hydrogens (tertiary/aromatic N) is 1. The smallest absolute Gasteiger partial charge is 0.349 e. The van der Waals surface area contributed by atoms with Gasteiger partial charge in [0, 0.05) is 10.7 Å². The van der Waals surface area contributed by atoms with E-state index in [2.05, 4.69) is 5.32 Å². The number of carbonyl (C=O) groups excluding carboxylic acids is 2. The van der Waals surface area contributed by atoms with Crippen molar-refractivity contribution >= 4 is 35.2 Å². The van der Waals surface area contributed by atoms with E-state index >= 15 is 0 Å². The quantitative estimate of drug-likeness (QED) is 0.489. The fourth-order valence-electron chi connectivity index (χ4n) is 2.05. The second-order valence-electron chi connectivity index (χ2n) is 5.63. The van der Waals surface area contributed by atoms with Gasteiger partial charge in [0.2, 0.25) is 0 Å². The number of nitriles is 1. The van der Waals surface area contributed by atoms with Gasteiger partial charge < -0.3 is 10.1 Å². The van der Waals surface area contributed by atoms with Crippen LogP contribution in [-0.4, -0.2) is 18.0 Å². The highest BCUT2D eigenvalue weighted by molar-refractivity contribution is 6.30. The van der Waals surface area contributed by atoms with Crippen molar-refractivity contribution in [1.29, 1.82) is 5.26 Å². The van der Waals surface area contributed by atoms with Crippen molar-refractivity contribution in [3.8, 4) is 6.07 Å². The van der Waals surface area contributed by atoms with Crippen molar-refractivity contribution in [2.45, 2.75) is 20.0 Å². The van der Waals surface area contributed by atoms with E-state index in [0.29, 0.717) is 16.3 Å². The van der Waals surface area contributed by atoms with Crippen molar-refractivity contribution in [2.24, 2.45) is 0 Å². The molecule has 0 radical (unpaired) electrons. The Kier molecular flexibility index (Phi) is 6.54. The standard InChI is InChI=1S/C20H17ClN2O3/c1-13-6-8-15(9-7-13)10-16(12-22)20(25)26-14(2)19(24)23-18-5-3-4-17(21)11-18/h3-11,14H,1-2H3,(H,23,24)/b16-10+/t14-/m0/s1. The summed E-state index contributed by atoms with van der Waals surface area (Å²) in [5.74, 6) is -1.38. The minimum Gasteiger partial charge on any atom is -0.448 e. The second kappa shape index (κ2) is 8.84. The van der Waals surface area contributed by atoms with Crippen LogP contribution < -0.4 is 5.32 Å². The number of halogens is 1. The van der Waals surface area contributed by atoms with Gasteiger partial charge in [-0.15, -0.1) is 0 Å². The maximum absolute atomic E-state index is 12.2. The zero-order chi connectivity index (χ0) is 19.1. The largest absolute Gasteiger partial charge is 0.448 e. The van der Waals surface area contributed by atoms with Gasteiger partial charge in [0.1, 0.15) is 11.6 Å². The Hall–Kier alpha value is -3.10. The predicted octanol–water partition coefficient (Wildman–Crippen LogP) is 4.13. The van der Waals surface area contributed by atoms with Crippen molar-refractivity contribution in [2.75, 3.05) is 5.32 Å². The molecule has 132 valence electrons. The summed E-state index contributed by atoms with van der Waals surface area (Å²) in [6.45, 7) is 3.37. The summed E-state index contributed by atoms with van der Waals surface area (Å²) in [5.41, 5.74) is 2.06. The number of hydrogen-bond acceptors (Lipinski definition) is 4. The highest BCUT2D eigenvalue weighted by Crippen LogP contribution is 2.16. The molecule has 5 nitrogen and oxygen atoms in total. The first-order chi connectivity index (χ1) is 12.4. The normalized spacial score (nSPS) is 12.0. The molecule has 0 saturated heterocycles. The molecule has 0 aliphatic heterocycles. The Bertz CT molecular complexity index is 883. The summed E-state index contributed by atoms with van der Waals surface area (Å²) in [6.07, 6.45) is 0.347. The van der Waals surface area contributed by atoms with Gasteiger partial charge >= 0.3 is 5.97 Å². The molecule has 1 atom stereocenters. The summed E-state index contributed by atoms with van der Waals surface area (Å²) in [5, 5.41) is 12.3. The molecule has 0 aromatic heterocycles. The average molecular weight is 369 g/mol. The molecule has 2 aromatic rings. The number of amides is 1. The van der Waals surface area contributed by atoms with Crippen molar-refractivity contribution < 1.29 is 14.3 Å². The number of rotatable bonds is 5. The van der Waals surface area contributed by atoms with Gasteiger partial charge in [0.25, 0.3) is 5.91 Å². The van der Waals surface area contributed by atoms with Crippen LogP contribution in [0, 0.1) is 18.3 Å². The van der Waals surface area contributed by atoms with Crippen LogP contribution in [0.25, 0.3) is 6.08 Å². The molecule has 0 bridgehead atoms. The van der Waals surface area contributed by atoms with E-state index in [9.17, 15) is 14.9 Å². The molecule has 1 N–H and O–H groups in total. The molecule has 2 rings (SSSR count). The van der Waals surface area contributed by atoms with Gasteiger partial charge in [-0.3, -0.25) is 4.79 Å². The van der Waals surface area contributed by atoms with Crippen LogP contribution in [0.1, 0.15) is 18.1 Å². The third-order valence-electron chi connectivity index (χ3n) is 3.47. The van der Waals surface area contributed by atoms with E-state index in [0.717, 1.165) is 5.56 Å². The van der Waals surface area contributed by atoms with E-state index in [1.807, 2.05) is 19.1 Å². The molecule has 0 fully saturated rings. The summed E-state index contributed by atoms with van der Waals surface area (Å²) in [7, 11) is 0. The molecular weight excluding hydrogens is 352 g/mol. The summed E-state index contributed by atoms with van der Waals surface area (Å²) in [6, 6.07) is 15.7. The van der Waals surface area contributed by atoms with Crippen LogP contribution in [0.4, 0.5) is 5.69 Å². The lowest BCUT2D eigenvalue weighted by atomic mass is 10.1. The molecule has 0 heterocycles. The zero-order valence-electron chi connectivity index (χ0n) is 14.3. The number of ether oxygens (including phenoxy) is 1. The van der Waals surface area contributed by atoms with Crippen LogP contribution in [-0.2, 0) is 14.3 Å². The molecule has 0 unspecified atom stereocenters. The Morgan fingerprint density at radius 3 is 2.54 bits per heavy atom. The van der Waals surface area contributed by atoms with E-state index < -0.39 is 18.0 Å². The first-order valence-electron chi connectivity index (χ1n) is 7.85. The molecule has 26 heavy (non-hydrogen) atoms. The van der Waals surface area contributed by atoms with E-state index in [-0.39, 0.29) is 5.57 Å². The lowest BCUT2D eigenvalue weighted by Gasteiger charge is -2.13. The fourth-order valence-corrected chi connectivity index (χ4v) is 2.24. The minimum atomic E-state index is -1.07. The number of benzene rings is 2. The monoisotopic (exact) mass is 368 g/mol. The molecule has 6 heteroatoms. The van der Waals surface area contributed by atoms with Gasteiger partial charge in [-0.05, 0) is 43.7 Å². The van der Waals surface area contributed by atoms with Crippen molar-refractivity contribution in [3.63, 3.8) is 0 Å². The average Bonchev–Trinajstić information content (AvgIpc) is 2.61. The third kappa shape index (κ3) is 5.47. The van der Waals surface area contributed by atoms with Crippen molar-refractivity contribution in [1.82, 2.24) is 0 Å². The summed E-state index contributed by atoms with van der Waals surface area (Å²) < 4.78 is 5.09. The summed E-state index contributed by atoms with van der Waals surface area (Å²) >= 11 is 5.86. The van der Waals surface area contributed by atoms with Gasteiger partial charge in [0.15, 0.2) is 6.10 Å². The molecular formula is C20H17ClN2O3. The molecule has 0 aliphatic carbocycles. The predicted molar refractivity (Wildman–Crippen MR) is 100 cm³/mol. The van der Waals surface area contributed by atoms with Gasteiger partial charge in [0.05, 0.1) is 0 Å². The van der Waals surface area contributed by atoms with E-state index in [4.69, 9.17) is 16.3 Å². The van der Waals surface area contributed by atoms with Gasteiger partial charge in [-0.25, -0.2) is 4.79 Å². The van der Waals surface area contributed by atoms with Crippen LogP contribution in [0.2, 0.25) is 5.02 Å². The van der Waals surface area contributed by atoms with Crippen LogP contribution in [0.15, 0.2) is 54.1 Å². The van der Waals surface area contributed by atoms with Gasteiger partial charge in [-0.1, -0.05) is 47.5 Å². The highest BCUT2D eigenvalue weighted by Gasteiger charge is 2.20. The van der Waals surface area contributed by atoms with Crippen molar-refractivity contribution in [3.05, 3.63) is 70.3 Å². The SMILES string of the molecule is Cc1ccc(/C=C(\C#N)C(=O)O[C@@H](C)C(=O)Nc2cccc(Cl)c2)cc1. The Morgan fingerprint density at radius 1 is 1.23 bits per heavy atom. The lowest BCUT2D eigenvalue weighted by molar-refractivity contribution is -0.148. The molecule has 0 spiro atoms. The highest BCUT2D eigenvalue weighted by atomic mass is 35.5. The number of carbonyl (C=O) groups is 2. The van der Waals surface area contributed by atoms with E-state index in [1.165, 1.54) is 13.0 Å². The second-order valence-corrected chi connectivity index (χ2v) is 6.06. The number of hydrogen-bond donors (Lipinski definition) is 1. The first-order valence-corrected chi connectivity index (χ1v) is 8.22. The fraction of sp³-hybridized carbons (Fsp3) is 0.150. The van der Waals surface area contributed by atoms with Crippen LogP contribution in [0.3, 0.4) is 0 Å². The molecule has 0 saturated carbocycles. The minimum absolute atomic E-state index is 0.184. The molecule has 0 aliphatic rings. The maximum atomic E-state index is 12.2. The van der Waals surface area contributed by atoms with Gasteiger partial charge in [-0.2, -0.15) is 5.26 Å². The summed E-state index contributed by atoms with van der Waals surface area (Å²) in [4.78, 5) is 24.3. The van der Waals surface area contributed by atoms with E-state index in [1.54, 1.807) is 42.5 Å².